The molecule has 0 bridgehead atoms. The minimum atomic E-state index is 0.0663. The first-order chi connectivity index (χ1) is 12.8. The van der Waals surface area contributed by atoms with Gasteiger partial charge in [-0.05, 0) is 56.2 Å². The Kier molecular flexibility index (Phi) is 4.91. The standard InChI is InChI=1S/C22H27N3O/c1-2-19-10-5-6-12-24(19)20-14-18(15-23-16-20)22(26)25-13-7-9-17-8-3-4-11-21(17)25/h3-4,8,11,14-16,19H,2,5-7,9-10,12-13H2,1H3. The van der Waals surface area contributed by atoms with Crippen molar-refractivity contribution >= 4 is 17.3 Å². The van der Waals surface area contributed by atoms with Crippen LogP contribution < -0.4 is 9.80 Å². The van der Waals surface area contributed by atoms with Gasteiger partial charge in [0.1, 0.15) is 0 Å². The molecule has 2 aliphatic heterocycles. The summed E-state index contributed by atoms with van der Waals surface area (Å²) in [6.07, 6.45) is 10.6. The number of amides is 1. The maximum Gasteiger partial charge on any atom is 0.259 e. The van der Waals surface area contributed by atoms with E-state index in [9.17, 15) is 4.79 Å². The van der Waals surface area contributed by atoms with E-state index in [1.54, 1.807) is 6.20 Å². The summed E-state index contributed by atoms with van der Waals surface area (Å²) in [7, 11) is 0. The first-order valence-electron chi connectivity index (χ1n) is 9.89. The third-order valence-corrected chi connectivity index (χ3v) is 5.76. The van der Waals surface area contributed by atoms with Crippen LogP contribution in [0.4, 0.5) is 11.4 Å². The minimum absolute atomic E-state index is 0.0663. The fraction of sp³-hybridized carbons (Fsp3) is 0.455. The average Bonchev–Trinajstić information content (AvgIpc) is 2.73. The number of carbonyl (C=O) groups excluding carboxylic acids is 1. The summed E-state index contributed by atoms with van der Waals surface area (Å²) in [6, 6.07) is 10.9. The quantitative estimate of drug-likeness (QED) is 0.822. The number of aryl methyl sites for hydroxylation is 1. The summed E-state index contributed by atoms with van der Waals surface area (Å²) >= 11 is 0. The molecular weight excluding hydrogens is 322 g/mol. The maximum absolute atomic E-state index is 13.2. The fourth-order valence-electron chi connectivity index (χ4n) is 4.37. The lowest BCUT2D eigenvalue weighted by Gasteiger charge is -2.37. The third-order valence-electron chi connectivity index (χ3n) is 5.76. The number of carbonyl (C=O) groups is 1. The number of fused-ring (bicyclic) bond motifs is 1. The van der Waals surface area contributed by atoms with E-state index in [0.717, 1.165) is 43.7 Å². The van der Waals surface area contributed by atoms with Crippen molar-refractivity contribution in [3.05, 3.63) is 53.9 Å². The molecule has 0 radical (unpaired) electrons. The smallest absolute Gasteiger partial charge is 0.259 e. The largest absolute Gasteiger partial charge is 0.367 e. The molecule has 0 N–H and O–H groups in total. The van der Waals surface area contributed by atoms with Crippen LogP contribution in [0, 0.1) is 0 Å². The summed E-state index contributed by atoms with van der Waals surface area (Å²) in [5.74, 6) is 0.0663. The van der Waals surface area contributed by atoms with Gasteiger partial charge in [-0.25, -0.2) is 0 Å². The van der Waals surface area contributed by atoms with Crippen molar-refractivity contribution in [2.75, 3.05) is 22.9 Å². The topological polar surface area (TPSA) is 36.4 Å². The molecule has 2 aliphatic rings. The van der Waals surface area contributed by atoms with Gasteiger partial charge in [0.2, 0.25) is 0 Å². The van der Waals surface area contributed by atoms with Crippen molar-refractivity contribution in [2.45, 2.75) is 51.5 Å². The van der Waals surface area contributed by atoms with Gasteiger partial charge in [-0.2, -0.15) is 0 Å². The van der Waals surface area contributed by atoms with Gasteiger partial charge >= 0.3 is 0 Å². The van der Waals surface area contributed by atoms with Crippen LogP contribution in [0.1, 0.15) is 54.9 Å². The zero-order chi connectivity index (χ0) is 17.9. The molecule has 1 saturated heterocycles. The van der Waals surface area contributed by atoms with Gasteiger partial charge in [0, 0.05) is 31.0 Å². The number of pyridine rings is 1. The molecule has 3 heterocycles. The molecule has 4 rings (SSSR count). The van der Waals surface area contributed by atoms with Crippen LogP contribution >= 0.6 is 0 Å². The molecule has 4 nitrogen and oxygen atoms in total. The lowest BCUT2D eigenvalue weighted by atomic mass is 9.99. The summed E-state index contributed by atoms with van der Waals surface area (Å²) in [6.45, 7) is 4.09. The summed E-state index contributed by atoms with van der Waals surface area (Å²) in [5, 5.41) is 0. The second-order valence-corrected chi connectivity index (χ2v) is 7.37. The zero-order valence-corrected chi connectivity index (χ0v) is 15.5. The van der Waals surface area contributed by atoms with Crippen molar-refractivity contribution in [1.82, 2.24) is 4.98 Å². The SMILES string of the molecule is CCC1CCCCN1c1cncc(C(=O)N2CCCc3ccccc32)c1. The first-order valence-corrected chi connectivity index (χ1v) is 9.89. The molecule has 1 unspecified atom stereocenters. The molecule has 136 valence electrons. The average molecular weight is 349 g/mol. The number of hydrogen-bond acceptors (Lipinski definition) is 3. The monoisotopic (exact) mass is 349 g/mol. The molecule has 1 fully saturated rings. The van der Waals surface area contributed by atoms with Crippen LogP contribution in [-0.2, 0) is 6.42 Å². The Morgan fingerprint density at radius 2 is 2.04 bits per heavy atom. The van der Waals surface area contributed by atoms with Crippen molar-refractivity contribution < 1.29 is 4.79 Å². The molecule has 0 saturated carbocycles. The van der Waals surface area contributed by atoms with Gasteiger partial charge in [0.25, 0.3) is 5.91 Å². The summed E-state index contributed by atoms with van der Waals surface area (Å²) in [4.78, 5) is 22.0. The van der Waals surface area contributed by atoms with Crippen LogP contribution in [0.2, 0.25) is 0 Å². The van der Waals surface area contributed by atoms with Crippen molar-refractivity contribution in [1.29, 1.82) is 0 Å². The number of benzene rings is 1. The Morgan fingerprint density at radius 1 is 1.15 bits per heavy atom. The highest BCUT2D eigenvalue weighted by molar-refractivity contribution is 6.07. The van der Waals surface area contributed by atoms with Crippen LogP contribution in [0.25, 0.3) is 0 Å². The van der Waals surface area contributed by atoms with E-state index in [4.69, 9.17) is 0 Å². The molecule has 1 aromatic carbocycles. The summed E-state index contributed by atoms with van der Waals surface area (Å²) in [5.41, 5.74) is 4.10. The van der Waals surface area contributed by atoms with E-state index in [1.807, 2.05) is 23.2 Å². The van der Waals surface area contributed by atoms with Gasteiger partial charge in [0.15, 0.2) is 0 Å². The highest BCUT2D eigenvalue weighted by Crippen LogP contribution is 2.30. The molecular formula is C22H27N3O. The predicted octanol–water partition coefficient (Wildman–Crippen LogP) is 4.44. The third kappa shape index (κ3) is 3.20. The minimum Gasteiger partial charge on any atom is -0.367 e. The lowest BCUT2D eigenvalue weighted by Crippen LogP contribution is -2.39. The normalized spacial score (nSPS) is 20.0. The molecule has 4 heteroatoms. The Balaban J connectivity index is 1.62. The van der Waals surface area contributed by atoms with Crippen LogP contribution in [-0.4, -0.2) is 30.0 Å². The van der Waals surface area contributed by atoms with Crippen molar-refractivity contribution in [3.63, 3.8) is 0 Å². The Labute approximate surface area is 155 Å². The highest BCUT2D eigenvalue weighted by atomic mass is 16.2. The van der Waals surface area contributed by atoms with Crippen LogP contribution in [0.3, 0.4) is 0 Å². The van der Waals surface area contributed by atoms with Crippen molar-refractivity contribution in [3.8, 4) is 0 Å². The molecule has 0 aliphatic carbocycles. The van der Waals surface area contributed by atoms with E-state index in [1.165, 1.54) is 24.8 Å². The Morgan fingerprint density at radius 3 is 2.92 bits per heavy atom. The number of hydrogen-bond donors (Lipinski definition) is 0. The van der Waals surface area contributed by atoms with Crippen molar-refractivity contribution in [2.24, 2.45) is 0 Å². The van der Waals surface area contributed by atoms with Gasteiger partial charge in [-0.3, -0.25) is 9.78 Å². The fourth-order valence-corrected chi connectivity index (χ4v) is 4.37. The number of para-hydroxylation sites is 1. The molecule has 1 atom stereocenters. The number of anilines is 2. The van der Waals surface area contributed by atoms with Crippen LogP contribution in [0.15, 0.2) is 42.7 Å². The van der Waals surface area contributed by atoms with Gasteiger partial charge in [0.05, 0.1) is 17.4 Å². The van der Waals surface area contributed by atoms with Gasteiger partial charge in [-0.15, -0.1) is 0 Å². The van der Waals surface area contributed by atoms with E-state index >= 15 is 0 Å². The molecule has 26 heavy (non-hydrogen) atoms. The maximum atomic E-state index is 13.2. The predicted molar refractivity (Wildman–Crippen MR) is 106 cm³/mol. The second kappa shape index (κ2) is 7.48. The van der Waals surface area contributed by atoms with E-state index in [0.29, 0.717) is 11.6 Å². The van der Waals surface area contributed by atoms with Gasteiger partial charge in [-0.1, -0.05) is 25.1 Å². The highest BCUT2D eigenvalue weighted by Gasteiger charge is 2.25. The van der Waals surface area contributed by atoms with E-state index < -0.39 is 0 Å². The zero-order valence-electron chi connectivity index (χ0n) is 15.5. The number of piperidine rings is 1. The van der Waals surface area contributed by atoms with Gasteiger partial charge < -0.3 is 9.80 Å². The number of nitrogens with zero attached hydrogens (tertiary/aromatic N) is 3. The molecule has 2 aromatic rings. The van der Waals surface area contributed by atoms with E-state index in [2.05, 4.69) is 35.0 Å². The summed E-state index contributed by atoms with van der Waals surface area (Å²) < 4.78 is 0. The Bertz CT molecular complexity index is 788. The van der Waals surface area contributed by atoms with E-state index in [-0.39, 0.29) is 5.91 Å². The molecule has 1 amide bonds. The first kappa shape index (κ1) is 17.1. The lowest BCUT2D eigenvalue weighted by molar-refractivity contribution is 0.0985. The number of aromatic nitrogens is 1. The Hall–Kier alpha value is -2.36. The second-order valence-electron chi connectivity index (χ2n) is 7.37. The molecule has 0 spiro atoms. The number of rotatable bonds is 3. The molecule has 1 aromatic heterocycles. The van der Waals surface area contributed by atoms with Crippen LogP contribution in [0.5, 0.6) is 0 Å².